The quantitative estimate of drug-likeness (QED) is 0.849. The molecule has 1 fully saturated rings. The minimum atomic E-state index is 0.154. The van der Waals surface area contributed by atoms with Gasteiger partial charge in [0.25, 0.3) is 0 Å². The largest absolute Gasteiger partial charge is 0.356 e. The lowest BCUT2D eigenvalue weighted by Gasteiger charge is -2.33. The smallest absolute Gasteiger partial charge is 0.225 e. The highest BCUT2D eigenvalue weighted by Crippen LogP contribution is 2.30. The summed E-state index contributed by atoms with van der Waals surface area (Å²) in [5.74, 6) is 1.40. The van der Waals surface area contributed by atoms with Gasteiger partial charge in [-0.1, -0.05) is 0 Å². The number of carbonyl (C=O) groups is 1. The van der Waals surface area contributed by atoms with Gasteiger partial charge < -0.3 is 9.80 Å². The molecule has 1 amide bonds. The zero-order valence-corrected chi connectivity index (χ0v) is 12.6. The first-order chi connectivity index (χ1) is 9.66. The number of hydrogen-bond donors (Lipinski definition) is 0. The van der Waals surface area contributed by atoms with Crippen molar-refractivity contribution in [1.82, 2.24) is 14.9 Å². The fourth-order valence-electron chi connectivity index (χ4n) is 2.73. The molecule has 0 unspecified atom stereocenters. The normalized spacial score (nSPS) is 16.6. The van der Waals surface area contributed by atoms with Gasteiger partial charge in [0.1, 0.15) is 17.0 Å². The molecular weight excluding hydrogens is 272 g/mol. The number of anilines is 1. The molecule has 0 atom stereocenters. The molecule has 2 aromatic heterocycles. The van der Waals surface area contributed by atoms with Gasteiger partial charge in [-0.3, -0.25) is 4.79 Å². The Bertz CT molecular complexity index is 616. The molecule has 0 N–H and O–H groups in total. The molecule has 20 heavy (non-hydrogen) atoms. The number of rotatable bonds is 2. The van der Waals surface area contributed by atoms with Crippen molar-refractivity contribution in [2.45, 2.75) is 12.8 Å². The van der Waals surface area contributed by atoms with E-state index in [-0.39, 0.29) is 11.8 Å². The third-order valence-corrected chi connectivity index (χ3v) is 4.65. The van der Waals surface area contributed by atoms with E-state index in [1.165, 1.54) is 0 Å². The highest BCUT2D eigenvalue weighted by molar-refractivity contribution is 7.16. The van der Waals surface area contributed by atoms with Gasteiger partial charge in [0.2, 0.25) is 5.91 Å². The standard InChI is InChI=1S/C14H18N4OS/c1-17(2)14(19)10-3-6-18(7-4-10)12-11-5-8-20-13(11)16-9-15-12/h5,8-10H,3-4,6-7H2,1-2H3. The Hall–Kier alpha value is -1.69. The topological polar surface area (TPSA) is 49.3 Å². The van der Waals surface area contributed by atoms with Crippen molar-refractivity contribution in [3.63, 3.8) is 0 Å². The lowest BCUT2D eigenvalue weighted by Crippen LogP contribution is -2.40. The Kier molecular flexibility index (Phi) is 3.56. The van der Waals surface area contributed by atoms with Crippen LogP contribution in [0.3, 0.4) is 0 Å². The summed E-state index contributed by atoms with van der Waals surface area (Å²) in [6, 6.07) is 2.08. The van der Waals surface area contributed by atoms with Crippen LogP contribution in [-0.4, -0.2) is 48.0 Å². The number of aromatic nitrogens is 2. The Balaban J connectivity index is 1.75. The summed E-state index contributed by atoms with van der Waals surface area (Å²) < 4.78 is 0. The number of hydrogen-bond acceptors (Lipinski definition) is 5. The summed E-state index contributed by atoms with van der Waals surface area (Å²) in [5, 5.41) is 3.17. The lowest BCUT2D eigenvalue weighted by molar-refractivity contribution is -0.133. The van der Waals surface area contributed by atoms with Crippen molar-refractivity contribution in [1.29, 1.82) is 0 Å². The molecular formula is C14H18N4OS. The highest BCUT2D eigenvalue weighted by atomic mass is 32.1. The van der Waals surface area contributed by atoms with E-state index in [4.69, 9.17) is 0 Å². The van der Waals surface area contributed by atoms with E-state index in [1.807, 2.05) is 19.5 Å². The summed E-state index contributed by atoms with van der Waals surface area (Å²) in [5.41, 5.74) is 0. The molecule has 106 valence electrons. The summed E-state index contributed by atoms with van der Waals surface area (Å²) >= 11 is 1.64. The summed E-state index contributed by atoms with van der Waals surface area (Å²) in [6.07, 6.45) is 3.42. The van der Waals surface area contributed by atoms with Gasteiger partial charge in [-0.15, -0.1) is 11.3 Å². The van der Waals surface area contributed by atoms with Crippen LogP contribution in [0.2, 0.25) is 0 Å². The second-order valence-electron chi connectivity index (χ2n) is 5.33. The molecule has 2 aromatic rings. The Morgan fingerprint density at radius 3 is 2.80 bits per heavy atom. The van der Waals surface area contributed by atoms with Crippen LogP contribution >= 0.6 is 11.3 Å². The van der Waals surface area contributed by atoms with Crippen LogP contribution in [0.15, 0.2) is 17.8 Å². The van der Waals surface area contributed by atoms with Crippen molar-refractivity contribution in [2.24, 2.45) is 5.92 Å². The monoisotopic (exact) mass is 290 g/mol. The molecule has 0 aromatic carbocycles. The van der Waals surface area contributed by atoms with Crippen molar-refractivity contribution >= 4 is 33.3 Å². The molecule has 3 rings (SSSR count). The lowest BCUT2D eigenvalue weighted by atomic mass is 9.95. The number of thiophene rings is 1. The maximum absolute atomic E-state index is 12.0. The Morgan fingerprint density at radius 1 is 1.35 bits per heavy atom. The van der Waals surface area contributed by atoms with Crippen LogP contribution in [0.25, 0.3) is 10.2 Å². The van der Waals surface area contributed by atoms with Crippen molar-refractivity contribution in [3.05, 3.63) is 17.8 Å². The zero-order valence-electron chi connectivity index (χ0n) is 11.7. The minimum Gasteiger partial charge on any atom is -0.356 e. The summed E-state index contributed by atoms with van der Waals surface area (Å²) in [4.78, 5) is 25.7. The third-order valence-electron chi connectivity index (χ3n) is 3.83. The predicted molar refractivity (Wildman–Crippen MR) is 81.0 cm³/mol. The molecule has 0 bridgehead atoms. The average molecular weight is 290 g/mol. The predicted octanol–water partition coefficient (Wildman–Crippen LogP) is 2.00. The number of piperidine rings is 1. The van der Waals surface area contributed by atoms with Gasteiger partial charge in [-0.05, 0) is 24.3 Å². The maximum Gasteiger partial charge on any atom is 0.225 e. The van der Waals surface area contributed by atoms with E-state index < -0.39 is 0 Å². The van der Waals surface area contributed by atoms with Gasteiger partial charge in [-0.2, -0.15) is 0 Å². The molecule has 0 saturated carbocycles. The first kappa shape index (κ1) is 13.3. The van der Waals surface area contributed by atoms with Crippen molar-refractivity contribution < 1.29 is 4.79 Å². The molecule has 0 spiro atoms. The van der Waals surface area contributed by atoms with Gasteiger partial charge in [-0.25, -0.2) is 9.97 Å². The fourth-order valence-corrected chi connectivity index (χ4v) is 3.46. The van der Waals surface area contributed by atoms with E-state index in [9.17, 15) is 4.79 Å². The summed E-state index contributed by atoms with van der Waals surface area (Å²) in [7, 11) is 3.65. The van der Waals surface area contributed by atoms with E-state index in [0.29, 0.717) is 0 Å². The Morgan fingerprint density at radius 2 is 2.10 bits per heavy atom. The third kappa shape index (κ3) is 2.35. The molecule has 1 aliphatic rings. The molecule has 5 nitrogen and oxygen atoms in total. The van der Waals surface area contributed by atoms with Crippen LogP contribution in [0.1, 0.15) is 12.8 Å². The maximum atomic E-state index is 12.0. The second kappa shape index (κ2) is 5.36. The highest BCUT2D eigenvalue weighted by Gasteiger charge is 2.27. The molecule has 0 radical (unpaired) electrons. The van der Waals surface area contributed by atoms with Gasteiger partial charge in [0.15, 0.2) is 0 Å². The zero-order chi connectivity index (χ0) is 14.1. The van der Waals surface area contributed by atoms with Gasteiger partial charge in [0, 0.05) is 33.1 Å². The van der Waals surface area contributed by atoms with Crippen LogP contribution in [0, 0.1) is 5.92 Å². The van der Waals surface area contributed by atoms with Crippen LogP contribution < -0.4 is 4.90 Å². The molecule has 3 heterocycles. The van der Waals surface area contributed by atoms with E-state index in [2.05, 4.69) is 20.9 Å². The molecule has 0 aliphatic carbocycles. The number of nitrogens with zero attached hydrogens (tertiary/aromatic N) is 4. The second-order valence-corrected chi connectivity index (χ2v) is 6.23. The molecule has 6 heteroatoms. The fraction of sp³-hybridized carbons (Fsp3) is 0.500. The van der Waals surface area contributed by atoms with Crippen molar-refractivity contribution in [3.8, 4) is 0 Å². The number of fused-ring (bicyclic) bond motifs is 1. The average Bonchev–Trinajstić information content (AvgIpc) is 2.95. The first-order valence-corrected chi connectivity index (χ1v) is 7.69. The summed E-state index contributed by atoms with van der Waals surface area (Å²) in [6.45, 7) is 1.76. The van der Waals surface area contributed by atoms with Crippen LogP contribution in [0.4, 0.5) is 5.82 Å². The van der Waals surface area contributed by atoms with E-state index >= 15 is 0 Å². The molecule has 1 saturated heterocycles. The van der Waals surface area contributed by atoms with Crippen molar-refractivity contribution in [2.75, 3.05) is 32.1 Å². The van der Waals surface area contributed by atoms with Gasteiger partial charge in [0.05, 0.1) is 5.39 Å². The number of carbonyl (C=O) groups excluding carboxylic acids is 1. The van der Waals surface area contributed by atoms with E-state index in [1.54, 1.807) is 22.6 Å². The van der Waals surface area contributed by atoms with Crippen LogP contribution in [-0.2, 0) is 4.79 Å². The molecule has 1 aliphatic heterocycles. The first-order valence-electron chi connectivity index (χ1n) is 6.81. The minimum absolute atomic E-state index is 0.154. The Labute approximate surface area is 122 Å². The SMILES string of the molecule is CN(C)C(=O)C1CCN(c2ncnc3sccc23)CC1. The number of amides is 1. The van der Waals surface area contributed by atoms with Gasteiger partial charge >= 0.3 is 0 Å². The van der Waals surface area contributed by atoms with Crippen LogP contribution in [0.5, 0.6) is 0 Å². The van der Waals surface area contributed by atoms with E-state index in [0.717, 1.165) is 42.0 Å².